The lowest BCUT2D eigenvalue weighted by Crippen LogP contribution is -2.31. The minimum absolute atomic E-state index is 0.383. The highest BCUT2D eigenvalue weighted by molar-refractivity contribution is 5.81. The molecule has 1 aliphatic heterocycles. The van der Waals surface area contributed by atoms with Crippen molar-refractivity contribution in [3.8, 4) is 5.75 Å². The van der Waals surface area contributed by atoms with Gasteiger partial charge in [0.1, 0.15) is 5.75 Å². The Kier molecular flexibility index (Phi) is 4.19. The van der Waals surface area contributed by atoms with E-state index in [1.165, 1.54) is 11.1 Å². The van der Waals surface area contributed by atoms with E-state index in [4.69, 9.17) is 14.2 Å². The minimum atomic E-state index is -0.383. The van der Waals surface area contributed by atoms with E-state index < -0.39 is 0 Å². The van der Waals surface area contributed by atoms with Crippen LogP contribution in [0.5, 0.6) is 5.75 Å². The molecule has 3 rings (SSSR count). The van der Waals surface area contributed by atoms with Gasteiger partial charge in [0.05, 0.1) is 20.3 Å². The van der Waals surface area contributed by atoms with Gasteiger partial charge in [0.2, 0.25) is 0 Å². The first-order valence-corrected chi connectivity index (χ1v) is 7.66. The highest BCUT2D eigenvalue weighted by Gasteiger charge is 2.37. The van der Waals surface area contributed by atoms with Gasteiger partial charge in [0, 0.05) is 18.4 Å². The number of allylic oxidation sites excluding steroid dienone is 1. The Morgan fingerprint density at radius 1 is 1.14 bits per heavy atom. The largest absolute Gasteiger partial charge is 0.496 e. The summed E-state index contributed by atoms with van der Waals surface area (Å²) < 4.78 is 17.0. The average molecular weight is 298 g/mol. The number of methoxy groups -OCH3 is 1. The quantitative estimate of drug-likeness (QED) is 0.830. The first-order valence-electron chi connectivity index (χ1n) is 7.66. The summed E-state index contributed by atoms with van der Waals surface area (Å²) in [6.07, 6.45) is 8.57. The van der Waals surface area contributed by atoms with Crippen molar-refractivity contribution in [2.75, 3.05) is 20.3 Å². The number of hydrogen-bond acceptors (Lipinski definition) is 3. The number of rotatable bonds is 4. The Bertz CT molecular complexity index is 622. The highest BCUT2D eigenvalue weighted by Crippen LogP contribution is 2.40. The lowest BCUT2D eigenvalue weighted by molar-refractivity contribution is -0.159. The number of hydrogen-bond donors (Lipinski definition) is 0. The first-order chi connectivity index (χ1) is 10.7. The van der Waals surface area contributed by atoms with Crippen LogP contribution in [-0.2, 0) is 9.47 Å². The van der Waals surface area contributed by atoms with Gasteiger partial charge in [-0.2, -0.15) is 0 Å². The fourth-order valence-electron chi connectivity index (χ4n) is 3.32. The average Bonchev–Trinajstić information content (AvgIpc) is 3.02. The van der Waals surface area contributed by atoms with Crippen LogP contribution in [0.3, 0.4) is 0 Å². The van der Waals surface area contributed by atoms with Crippen molar-refractivity contribution in [3.05, 3.63) is 48.1 Å². The zero-order valence-electron chi connectivity index (χ0n) is 13.1. The molecule has 1 fully saturated rings. The summed E-state index contributed by atoms with van der Waals surface area (Å²) in [5, 5.41) is 0. The van der Waals surface area contributed by atoms with Crippen LogP contribution in [0.1, 0.15) is 36.0 Å². The predicted molar refractivity (Wildman–Crippen MR) is 89.6 cm³/mol. The molecule has 1 saturated heterocycles. The van der Waals surface area contributed by atoms with Crippen molar-refractivity contribution in [2.45, 2.75) is 25.0 Å². The van der Waals surface area contributed by atoms with E-state index in [1.54, 1.807) is 7.11 Å². The summed E-state index contributed by atoms with van der Waals surface area (Å²) in [7, 11) is 1.67. The van der Waals surface area contributed by atoms with Crippen molar-refractivity contribution in [2.24, 2.45) is 0 Å². The van der Waals surface area contributed by atoms with Gasteiger partial charge in [-0.25, -0.2) is 0 Å². The molecule has 1 heterocycles. The van der Waals surface area contributed by atoms with Crippen molar-refractivity contribution >= 4 is 17.7 Å². The van der Waals surface area contributed by atoms with E-state index in [2.05, 4.69) is 25.3 Å². The van der Waals surface area contributed by atoms with E-state index >= 15 is 0 Å². The second kappa shape index (κ2) is 6.11. The maximum absolute atomic E-state index is 5.78. The first kappa shape index (κ1) is 15.1. The fourth-order valence-corrected chi connectivity index (χ4v) is 3.32. The van der Waals surface area contributed by atoms with Crippen molar-refractivity contribution in [3.63, 3.8) is 0 Å². The molecule has 116 valence electrons. The normalized spacial score (nSPS) is 19.8. The van der Waals surface area contributed by atoms with E-state index in [-0.39, 0.29) is 5.79 Å². The topological polar surface area (TPSA) is 27.7 Å². The van der Waals surface area contributed by atoms with Gasteiger partial charge in [0.15, 0.2) is 5.79 Å². The molecule has 0 amide bonds. The van der Waals surface area contributed by atoms with Crippen molar-refractivity contribution < 1.29 is 14.2 Å². The molecule has 2 aliphatic rings. The zero-order valence-corrected chi connectivity index (χ0v) is 13.1. The molecular weight excluding hydrogens is 276 g/mol. The second-order valence-electron chi connectivity index (χ2n) is 5.59. The number of ether oxygens (including phenoxy) is 3. The van der Waals surface area contributed by atoms with E-state index in [0.29, 0.717) is 13.2 Å². The Hall–Kier alpha value is -1.84. The summed E-state index contributed by atoms with van der Waals surface area (Å²) in [5.74, 6) is 0.440. The second-order valence-corrected chi connectivity index (χ2v) is 5.59. The minimum Gasteiger partial charge on any atom is -0.496 e. The van der Waals surface area contributed by atoms with Gasteiger partial charge in [-0.1, -0.05) is 37.5 Å². The third-order valence-electron chi connectivity index (χ3n) is 4.47. The van der Waals surface area contributed by atoms with Crippen molar-refractivity contribution in [1.82, 2.24) is 0 Å². The lowest BCUT2D eigenvalue weighted by atomic mass is 9.86. The summed E-state index contributed by atoms with van der Waals surface area (Å²) in [6, 6.07) is 4.09. The van der Waals surface area contributed by atoms with Gasteiger partial charge in [-0.15, -0.1) is 0 Å². The summed E-state index contributed by atoms with van der Waals surface area (Å²) in [4.78, 5) is 0. The Balaban J connectivity index is 1.97. The molecule has 0 atom stereocenters. The van der Waals surface area contributed by atoms with Crippen LogP contribution < -0.4 is 4.74 Å². The van der Waals surface area contributed by atoms with Crippen LogP contribution >= 0.6 is 0 Å². The van der Waals surface area contributed by atoms with Crippen LogP contribution in [-0.4, -0.2) is 26.1 Å². The zero-order chi connectivity index (χ0) is 15.6. The molecular formula is C19H22O3. The van der Waals surface area contributed by atoms with Gasteiger partial charge >= 0.3 is 0 Å². The maximum atomic E-state index is 5.78. The third-order valence-corrected chi connectivity index (χ3v) is 4.47. The van der Waals surface area contributed by atoms with Gasteiger partial charge < -0.3 is 14.2 Å². The van der Waals surface area contributed by atoms with Gasteiger partial charge in [-0.05, 0) is 29.2 Å². The fraction of sp³-hybridized carbons (Fsp3) is 0.368. The molecule has 1 aromatic rings. The SMILES string of the molecule is C=Cc1c(OC)ccc(C2=CCC3(CC2)OCCO3)c1C=C. The van der Waals surface area contributed by atoms with E-state index in [9.17, 15) is 0 Å². The Morgan fingerprint density at radius 3 is 2.41 bits per heavy atom. The molecule has 0 aromatic heterocycles. The summed E-state index contributed by atoms with van der Waals surface area (Å²) in [5.41, 5.74) is 4.57. The van der Waals surface area contributed by atoms with E-state index in [1.807, 2.05) is 18.2 Å². The molecule has 3 heteroatoms. The lowest BCUT2D eigenvalue weighted by Gasteiger charge is -2.31. The molecule has 1 spiro atoms. The summed E-state index contributed by atoms with van der Waals surface area (Å²) >= 11 is 0. The summed E-state index contributed by atoms with van der Waals surface area (Å²) in [6.45, 7) is 9.26. The van der Waals surface area contributed by atoms with Crippen molar-refractivity contribution in [1.29, 1.82) is 0 Å². The molecule has 3 nitrogen and oxygen atoms in total. The Morgan fingerprint density at radius 2 is 1.86 bits per heavy atom. The molecule has 0 bridgehead atoms. The Labute approximate surface area is 131 Å². The monoisotopic (exact) mass is 298 g/mol. The maximum Gasteiger partial charge on any atom is 0.172 e. The van der Waals surface area contributed by atoms with Crippen LogP contribution in [0.25, 0.3) is 17.7 Å². The molecule has 0 saturated carbocycles. The van der Waals surface area contributed by atoms with Crippen LogP contribution in [0.4, 0.5) is 0 Å². The molecule has 1 aromatic carbocycles. The van der Waals surface area contributed by atoms with Crippen LogP contribution in [0.2, 0.25) is 0 Å². The smallest absolute Gasteiger partial charge is 0.172 e. The van der Waals surface area contributed by atoms with Gasteiger partial charge in [-0.3, -0.25) is 0 Å². The molecule has 0 unspecified atom stereocenters. The molecule has 22 heavy (non-hydrogen) atoms. The van der Waals surface area contributed by atoms with E-state index in [0.717, 1.165) is 36.1 Å². The molecule has 1 aliphatic carbocycles. The van der Waals surface area contributed by atoms with Crippen LogP contribution in [0, 0.1) is 0 Å². The van der Waals surface area contributed by atoms with Crippen LogP contribution in [0.15, 0.2) is 31.4 Å². The third kappa shape index (κ3) is 2.51. The molecule has 0 N–H and O–H groups in total. The highest BCUT2D eigenvalue weighted by atomic mass is 16.7. The van der Waals surface area contributed by atoms with Gasteiger partial charge in [0.25, 0.3) is 0 Å². The molecule has 0 radical (unpaired) electrons. The standard InChI is InChI=1S/C19H22O3/c1-4-15-16(5-2)18(20-3)7-6-17(15)14-8-10-19(11-9-14)21-12-13-22-19/h4-8H,1-2,9-13H2,3H3. The number of benzene rings is 1. The predicted octanol–water partition coefficient (Wildman–Crippen LogP) is 4.29.